The third-order valence-corrected chi connectivity index (χ3v) is 4.88. The molecule has 146 valence electrons. The maximum Gasteiger partial charge on any atom is 0.258 e. The quantitative estimate of drug-likeness (QED) is 0.810. The summed E-state index contributed by atoms with van der Waals surface area (Å²) in [6.45, 7) is 12.2. The summed E-state index contributed by atoms with van der Waals surface area (Å²) in [7, 11) is 0. The Labute approximate surface area is 158 Å². The second-order valence-corrected chi connectivity index (χ2v) is 7.41. The third-order valence-electron chi connectivity index (χ3n) is 4.88. The smallest absolute Gasteiger partial charge is 0.258 e. The summed E-state index contributed by atoms with van der Waals surface area (Å²) in [5.74, 6) is 0.253. The Kier molecular flexibility index (Phi) is 5.19. The van der Waals surface area contributed by atoms with Crippen molar-refractivity contribution in [2.45, 2.75) is 60.3 Å². The summed E-state index contributed by atoms with van der Waals surface area (Å²) in [5, 5.41) is 4.45. The minimum Gasteiger partial charge on any atom is -0.372 e. The van der Waals surface area contributed by atoms with Gasteiger partial charge in [-0.15, -0.1) is 0 Å². The summed E-state index contributed by atoms with van der Waals surface area (Å²) in [5.41, 5.74) is 2.65. The Morgan fingerprint density at radius 3 is 2.37 bits per heavy atom. The summed E-state index contributed by atoms with van der Waals surface area (Å²) in [6, 6.07) is 1.92. The van der Waals surface area contributed by atoms with Gasteiger partial charge < -0.3 is 9.64 Å². The van der Waals surface area contributed by atoms with Gasteiger partial charge in [0.1, 0.15) is 6.54 Å². The van der Waals surface area contributed by atoms with Crippen LogP contribution < -0.4 is 5.56 Å². The summed E-state index contributed by atoms with van der Waals surface area (Å²) >= 11 is 0. The normalized spacial score (nSPS) is 20.1. The first kappa shape index (κ1) is 19.3. The Bertz CT molecular complexity index is 920. The molecule has 1 aliphatic heterocycles. The van der Waals surface area contributed by atoms with Crippen molar-refractivity contribution in [1.82, 2.24) is 24.2 Å². The number of nitrogens with zero attached hydrogens (tertiary/aromatic N) is 5. The van der Waals surface area contributed by atoms with Crippen LogP contribution >= 0.6 is 0 Å². The number of aromatic nitrogens is 4. The molecular weight excluding hydrogens is 346 g/mol. The molecule has 3 heterocycles. The monoisotopic (exact) mass is 373 g/mol. The molecule has 1 saturated heterocycles. The molecule has 0 radical (unpaired) electrons. The van der Waals surface area contributed by atoms with Gasteiger partial charge in [-0.2, -0.15) is 5.10 Å². The third kappa shape index (κ3) is 3.80. The molecule has 1 aliphatic rings. The number of amides is 1. The Morgan fingerprint density at radius 1 is 1.19 bits per heavy atom. The maximum atomic E-state index is 12.9. The Hall–Kier alpha value is -2.48. The molecule has 0 spiro atoms. The molecule has 8 heteroatoms. The van der Waals surface area contributed by atoms with E-state index in [1.807, 2.05) is 33.8 Å². The van der Waals surface area contributed by atoms with Crippen LogP contribution in [-0.2, 0) is 16.1 Å². The van der Waals surface area contributed by atoms with Crippen LogP contribution in [0.1, 0.15) is 36.5 Å². The number of carbonyl (C=O) groups is 1. The largest absolute Gasteiger partial charge is 0.372 e. The highest BCUT2D eigenvalue weighted by Gasteiger charge is 2.27. The lowest BCUT2D eigenvalue weighted by Gasteiger charge is -2.35. The van der Waals surface area contributed by atoms with E-state index in [0.29, 0.717) is 30.3 Å². The fraction of sp³-hybridized carbons (Fsp3) is 0.579. The van der Waals surface area contributed by atoms with E-state index in [1.165, 1.54) is 4.57 Å². The van der Waals surface area contributed by atoms with Crippen molar-refractivity contribution >= 4 is 5.91 Å². The maximum absolute atomic E-state index is 12.9. The predicted molar refractivity (Wildman–Crippen MR) is 101 cm³/mol. The highest BCUT2D eigenvalue weighted by atomic mass is 16.5. The number of aryl methyl sites for hydroxylation is 3. The molecule has 3 rings (SSSR count). The van der Waals surface area contributed by atoms with E-state index < -0.39 is 0 Å². The van der Waals surface area contributed by atoms with Crippen LogP contribution in [0, 0.1) is 27.7 Å². The molecule has 8 nitrogen and oxygen atoms in total. The first-order valence-corrected chi connectivity index (χ1v) is 9.22. The number of morpholine rings is 1. The number of hydrogen-bond donors (Lipinski definition) is 0. The zero-order chi connectivity index (χ0) is 19.9. The first-order valence-electron chi connectivity index (χ1n) is 9.22. The second kappa shape index (κ2) is 7.26. The molecule has 0 bridgehead atoms. The molecule has 1 amide bonds. The highest BCUT2D eigenvalue weighted by Crippen LogP contribution is 2.14. The van der Waals surface area contributed by atoms with Gasteiger partial charge in [0, 0.05) is 30.0 Å². The molecule has 2 aromatic heterocycles. The minimum atomic E-state index is -0.215. The molecule has 0 unspecified atom stereocenters. The lowest BCUT2D eigenvalue weighted by molar-refractivity contribution is -0.143. The Morgan fingerprint density at radius 2 is 1.81 bits per heavy atom. The van der Waals surface area contributed by atoms with Crippen molar-refractivity contribution in [3.05, 3.63) is 39.1 Å². The van der Waals surface area contributed by atoms with Crippen LogP contribution in [-0.4, -0.2) is 55.4 Å². The molecule has 0 N–H and O–H groups in total. The lowest BCUT2D eigenvalue weighted by atomic mass is 10.2. The van der Waals surface area contributed by atoms with Crippen LogP contribution in [0.4, 0.5) is 0 Å². The standard InChI is InChI=1S/C19H27N5O3/c1-11-7-12(2)24(21-11)19-20-16(6)15(5)18(26)23(19)10-17(25)22-8-13(3)27-14(4)9-22/h7,13-14H,8-10H2,1-6H3/t13-,14-/m0/s1. The zero-order valence-electron chi connectivity index (χ0n) is 16.8. The van der Waals surface area contributed by atoms with Crippen LogP contribution in [0.3, 0.4) is 0 Å². The van der Waals surface area contributed by atoms with Gasteiger partial charge in [0.2, 0.25) is 11.9 Å². The van der Waals surface area contributed by atoms with Gasteiger partial charge in [-0.05, 0) is 47.6 Å². The van der Waals surface area contributed by atoms with Crippen molar-refractivity contribution in [2.75, 3.05) is 13.1 Å². The van der Waals surface area contributed by atoms with Crippen LogP contribution in [0.15, 0.2) is 10.9 Å². The molecule has 1 fully saturated rings. The average Bonchev–Trinajstić information content (AvgIpc) is 2.92. The van der Waals surface area contributed by atoms with Crippen molar-refractivity contribution in [3.63, 3.8) is 0 Å². The SMILES string of the molecule is Cc1cc(C)n(-c2nc(C)c(C)c(=O)n2CC(=O)N2C[C@H](C)O[C@@H](C)C2)n1. The van der Waals surface area contributed by atoms with E-state index >= 15 is 0 Å². The summed E-state index contributed by atoms with van der Waals surface area (Å²) in [4.78, 5) is 32.2. The van der Waals surface area contributed by atoms with Gasteiger partial charge >= 0.3 is 0 Å². The van der Waals surface area contributed by atoms with Crippen LogP contribution in [0.25, 0.3) is 5.95 Å². The minimum absolute atomic E-state index is 0.0252. The second-order valence-electron chi connectivity index (χ2n) is 7.41. The van der Waals surface area contributed by atoms with E-state index in [9.17, 15) is 9.59 Å². The molecule has 0 aromatic carbocycles. The van der Waals surface area contributed by atoms with Gasteiger partial charge in [0.25, 0.3) is 5.56 Å². The van der Waals surface area contributed by atoms with Gasteiger partial charge in [0.15, 0.2) is 0 Å². The van der Waals surface area contributed by atoms with Gasteiger partial charge in [-0.1, -0.05) is 0 Å². The highest BCUT2D eigenvalue weighted by molar-refractivity contribution is 5.76. The Balaban J connectivity index is 2.02. The molecule has 0 aliphatic carbocycles. The number of hydrogen-bond acceptors (Lipinski definition) is 5. The summed E-state index contributed by atoms with van der Waals surface area (Å²) < 4.78 is 8.75. The van der Waals surface area contributed by atoms with Crippen molar-refractivity contribution in [3.8, 4) is 5.95 Å². The van der Waals surface area contributed by atoms with E-state index in [1.54, 1.807) is 23.4 Å². The van der Waals surface area contributed by atoms with Crippen molar-refractivity contribution < 1.29 is 9.53 Å². The topological polar surface area (TPSA) is 82.2 Å². The van der Waals surface area contributed by atoms with E-state index in [-0.39, 0.29) is 30.2 Å². The average molecular weight is 373 g/mol. The number of ether oxygens (including phenoxy) is 1. The van der Waals surface area contributed by atoms with E-state index in [4.69, 9.17) is 4.74 Å². The predicted octanol–water partition coefficient (Wildman–Crippen LogP) is 1.30. The zero-order valence-corrected chi connectivity index (χ0v) is 16.8. The number of carbonyl (C=O) groups excluding carboxylic acids is 1. The molecular formula is C19H27N5O3. The molecule has 27 heavy (non-hydrogen) atoms. The van der Waals surface area contributed by atoms with E-state index in [2.05, 4.69) is 10.1 Å². The van der Waals surface area contributed by atoms with E-state index in [0.717, 1.165) is 11.4 Å². The van der Waals surface area contributed by atoms with Crippen LogP contribution in [0.5, 0.6) is 0 Å². The first-order chi connectivity index (χ1) is 12.7. The van der Waals surface area contributed by atoms with Crippen LogP contribution in [0.2, 0.25) is 0 Å². The summed E-state index contributed by atoms with van der Waals surface area (Å²) in [6.07, 6.45) is -0.0504. The lowest BCUT2D eigenvalue weighted by Crippen LogP contribution is -2.50. The molecule has 2 atom stereocenters. The molecule has 0 saturated carbocycles. The van der Waals surface area contributed by atoms with Crippen molar-refractivity contribution in [1.29, 1.82) is 0 Å². The van der Waals surface area contributed by atoms with Gasteiger partial charge in [0.05, 0.1) is 17.9 Å². The molecule has 2 aromatic rings. The van der Waals surface area contributed by atoms with Gasteiger partial charge in [-0.25, -0.2) is 9.67 Å². The number of rotatable bonds is 3. The van der Waals surface area contributed by atoms with Gasteiger partial charge in [-0.3, -0.25) is 14.2 Å². The fourth-order valence-electron chi connectivity index (χ4n) is 3.49. The van der Waals surface area contributed by atoms with Crippen molar-refractivity contribution in [2.24, 2.45) is 0 Å². The fourth-order valence-corrected chi connectivity index (χ4v) is 3.49.